The maximum atomic E-state index is 12.8. The largest absolute Gasteiger partial charge is 0.486 e. The van der Waals surface area contributed by atoms with Gasteiger partial charge in [0.1, 0.15) is 18.8 Å². The number of rotatable bonds is 5. The molecular weight excluding hydrogens is 394 g/mol. The first-order valence-electron chi connectivity index (χ1n) is 9.30. The number of nitrogens with one attached hydrogen (secondary N) is 1. The Balaban J connectivity index is 1.48. The van der Waals surface area contributed by atoms with E-state index in [1.165, 1.54) is 6.21 Å². The number of halogens is 1. The molecule has 0 saturated carbocycles. The fourth-order valence-corrected chi connectivity index (χ4v) is 3.59. The van der Waals surface area contributed by atoms with Crippen LogP contribution in [0.15, 0.2) is 47.6 Å². The summed E-state index contributed by atoms with van der Waals surface area (Å²) in [6.07, 6.45) is 2.55. The maximum absolute atomic E-state index is 12.8. The van der Waals surface area contributed by atoms with Gasteiger partial charge < -0.3 is 14.8 Å². The number of ether oxygens (including phenoxy) is 2. The van der Waals surface area contributed by atoms with Gasteiger partial charge in [-0.2, -0.15) is 5.10 Å². The quantitative estimate of drug-likeness (QED) is 0.601. The molecule has 8 heteroatoms. The number of hydrogen-bond acceptors (Lipinski definition) is 5. The topological polar surface area (TPSA) is 80.2 Å². The zero-order valence-electron chi connectivity index (χ0n) is 15.9. The first-order valence-corrected chi connectivity index (χ1v) is 9.68. The lowest BCUT2D eigenvalue weighted by molar-refractivity contribution is -0.130. The highest BCUT2D eigenvalue weighted by Crippen LogP contribution is 2.38. The van der Waals surface area contributed by atoms with Crippen LogP contribution in [0.1, 0.15) is 24.5 Å². The zero-order valence-corrected chi connectivity index (χ0v) is 16.6. The normalized spacial score (nSPS) is 21.0. The Kier molecular flexibility index (Phi) is 5.15. The first-order chi connectivity index (χ1) is 14.0. The third-order valence-electron chi connectivity index (χ3n) is 4.94. The summed E-state index contributed by atoms with van der Waals surface area (Å²) in [5, 5.41) is 8.08. The predicted molar refractivity (Wildman–Crippen MR) is 109 cm³/mol. The fraction of sp³-hybridized carbons (Fsp3) is 0.286. The number of carbonyl (C=O) groups is 2. The zero-order chi connectivity index (χ0) is 20.4. The number of urea groups is 1. The molecule has 0 spiro atoms. The molecule has 1 saturated heterocycles. The summed E-state index contributed by atoms with van der Waals surface area (Å²) in [6, 6.07) is 12.6. The highest BCUT2D eigenvalue weighted by Gasteiger charge is 2.47. The van der Waals surface area contributed by atoms with E-state index in [-0.39, 0.29) is 0 Å². The molecule has 0 aromatic heterocycles. The SMILES string of the molecule is C[C@@]1(CCc2ccccc2)NC(=O)N(/N=C\c2cc(Cl)c3c(c2)OCCO3)C1=O. The van der Waals surface area contributed by atoms with Crippen molar-refractivity contribution in [3.63, 3.8) is 0 Å². The van der Waals surface area contributed by atoms with Crippen LogP contribution in [0.2, 0.25) is 5.02 Å². The van der Waals surface area contributed by atoms with Crippen molar-refractivity contribution in [3.8, 4) is 11.5 Å². The van der Waals surface area contributed by atoms with Crippen LogP contribution in [0.25, 0.3) is 0 Å². The maximum Gasteiger partial charge on any atom is 0.346 e. The second-order valence-corrected chi connectivity index (χ2v) is 7.54. The van der Waals surface area contributed by atoms with Gasteiger partial charge in [0.2, 0.25) is 0 Å². The van der Waals surface area contributed by atoms with E-state index in [9.17, 15) is 9.59 Å². The lowest BCUT2D eigenvalue weighted by atomic mass is 9.93. The molecule has 0 aliphatic carbocycles. The van der Waals surface area contributed by atoms with Gasteiger partial charge in [-0.25, -0.2) is 4.79 Å². The minimum Gasteiger partial charge on any atom is -0.486 e. The smallest absolute Gasteiger partial charge is 0.346 e. The van der Waals surface area contributed by atoms with Crippen LogP contribution in [0.4, 0.5) is 4.79 Å². The van der Waals surface area contributed by atoms with Gasteiger partial charge in [0, 0.05) is 0 Å². The van der Waals surface area contributed by atoms with Gasteiger partial charge in [-0.1, -0.05) is 41.9 Å². The van der Waals surface area contributed by atoms with Crippen LogP contribution in [-0.4, -0.2) is 41.9 Å². The minimum absolute atomic E-state index is 0.383. The third-order valence-corrected chi connectivity index (χ3v) is 5.22. The van der Waals surface area contributed by atoms with Gasteiger partial charge in [0.05, 0.1) is 11.2 Å². The van der Waals surface area contributed by atoms with E-state index in [1.54, 1.807) is 19.1 Å². The second kappa shape index (κ2) is 7.75. The molecule has 4 rings (SSSR count). The summed E-state index contributed by atoms with van der Waals surface area (Å²) in [7, 11) is 0. The molecule has 2 heterocycles. The van der Waals surface area contributed by atoms with E-state index in [4.69, 9.17) is 21.1 Å². The summed E-state index contributed by atoms with van der Waals surface area (Å²) in [5.74, 6) is 0.604. The van der Waals surface area contributed by atoms with Crippen LogP contribution in [0.3, 0.4) is 0 Å². The number of nitrogens with zero attached hydrogens (tertiary/aromatic N) is 2. The second-order valence-electron chi connectivity index (χ2n) is 7.14. The van der Waals surface area contributed by atoms with Crippen LogP contribution in [0, 0.1) is 0 Å². The van der Waals surface area contributed by atoms with Crippen LogP contribution in [0.5, 0.6) is 11.5 Å². The van der Waals surface area contributed by atoms with Gasteiger partial charge in [0.15, 0.2) is 11.5 Å². The van der Waals surface area contributed by atoms with Gasteiger partial charge in [-0.3, -0.25) is 4.79 Å². The Labute approximate surface area is 173 Å². The molecule has 2 aliphatic rings. The lowest BCUT2D eigenvalue weighted by Gasteiger charge is -2.20. The summed E-state index contributed by atoms with van der Waals surface area (Å²) in [5.41, 5.74) is 0.690. The minimum atomic E-state index is -1.01. The van der Waals surface area contributed by atoms with E-state index < -0.39 is 17.5 Å². The van der Waals surface area contributed by atoms with E-state index in [0.29, 0.717) is 48.1 Å². The monoisotopic (exact) mass is 413 g/mol. The van der Waals surface area contributed by atoms with Crippen LogP contribution in [-0.2, 0) is 11.2 Å². The van der Waals surface area contributed by atoms with Crippen molar-refractivity contribution in [1.82, 2.24) is 10.3 Å². The number of fused-ring (bicyclic) bond motifs is 1. The molecule has 29 heavy (non-hydrogen) atoms. The molecule has 2 aromatic rings. The lowest BCUT2D eigenvalue weighted by Crippen LogP contribution is -2.44. The summed E-state index contributed by atoms with van der Waals surface area (Å²) < 4.78 is 11.0. The van der Waals surface area contributed by atoms with E-state index in [0.717, 1.165) is 10.6 Å². The highest BCUT2D eigenvalue weighted by atomic mass is 35.5. The Bertz CT molecular complexity index is 979. The number of amides is 3. The number of imide groups is 1. The van der Waals surface area contributed by atoms with Gasteiger partial charge >= 0.3 is 6.03 Å². The summed E-state index contributed by atoms with van der Waals surface area (Å²) in [4.78, 5) is 25.2. The average molecular weight is 414 g/mol. The molecular formula is C21H20ClN3O4. The van der Waals surface area contributed by atoms with Crippen molar-refractivity contribution in [3.05, 3.63) is 58.6 Å². The van der Waals surface area contributed by atoms with Crippen molar-refractivity contribution in [2.24, 2.45) is 5.10 Å². The molecule has 0 radical (unpaired) electrons. The fourth-order valence-electron chi connectivity index (χ4n) is 3.31. The predicted octanol–water partition coefficient (Wildman–Crippen LogP) is 3.39. The van der Waals surface area contributed by atoms with Crippen molar-refractivity contribution < 1.29 is 19.1 Å². The Morgan fingerprint density at radius 1 is 1.21 bits per heavy atom. The number of hydrazone groups is 1. The number of carbonyl (C=O) groups excluding carboxylic acids is 2. The van der Waals surface area contributed by atoms with Crippen LogP contribution >= 0.6 is 11.6 Å². The first kappa shape index (κ1) is 19.3. The molecule has 2 aromatic carbocycles. The van der Waals surface area contributed by atoms with Gasteiger partial charge in [-0.15, -0.1) is 5.01 Å². The number of aryl methyl sites for hydroxylation is 1. The number of hydrogen-bond donors (Lipinski definition) is 1. The molecule has 1 N–H and O–H groups in total. The molecule has 1 fully saturated rings. The molecule has 2 aliphatic heterocycles. The Morgan fingerprint density at radius 2 is 1.97 bits per heavy atom. The molecule has 150 valence electrons. The average Bonchev–Trinajstić information content (AvgIpc) is 2.94. The van der Waals surface area contributed by atoms with Crippen molar-refractivity contribution in [2.75, 3.05) is 13.2 Å². The Morgan fingerprint density at radius 3 is 2.76 bits per heavy atom. The standard InChI is InChI=1S/C21H20ClN3O4/c1-21(8-7-14-5-3-2-4-6-14)19(26)25(20(27)24-21)23-13-15-11-16(22)18-17(12-15)28-9-10-29-18/h2-6,11-13H,7-10H2,1H3,(H,24,27)/b23-13-/t21-/m0/s1. The number of benzene rings is 2. The van der Waals surface area contributed by atoms with Gasteiger partial charge in [-0.05, 0) is 43.0 Å². The van der Waals surface area contributed by atoms with Crippen molar-refractivity contribution in [2.45, 2.75) is 25.3 Å². The molecule has 0 unspecified atom stereocenters. The molecule has 7 nitrogen and oxygen atoms in total. The summed E-state index contributed by atoms with van der Waals surface area (Å²) in [6.45, 7) is 2.58. The van der Waals surface area contributed by atoms with E-state index in [1.807, 2.05) is 30.3 Å². The molecule has 1 atom stereocenters. The van der Waals surface area contributed by atoms with E-state index in [2.05, 4.69) is 10.4 Å². The van der Waals surface area contributed by atoms with Crippen LogP contribution < -0.4 is 14.8 Å². The molecule has 0 bridgehead atoms. The summed E-state index contributed by atoms with van der Waals surface area (Å²) >= 11 is 6.22. The molecule has 3 amide bonds. The van der Waals surface area contributed by atoms with Gasteiger partial charge in [0.25, 0.3) is 5.91 Å². The third kappa shape index (κ3) is 3.91. The Hall–Kier alpha value is -3.06. The van der Waals surface area contributed by atoms with Crippen molar-refractivity contribution in [1.29, 1.82) is 0 Å². The van der Waals surface area contributed by atoms with Crippen molar-refractivity contribution >= 4 is 29.8 Å². The van der Waals surface area contributed by atoms with E-state index >= 15 is 0 Å². The highest BCUT2D eigenvalue weighted by molar-refractivity contribution is 6.32.